The van der Waals surface area contributed by atoms with Crippen LogP contribution in [0.25, 0.3) is 0 Å². The summed E-state index contributed by atoms with van der Waals surface area (Å²) in [7, 11) is 0. The number of fused-ring (bicyclic) bond motifs is 1. The number of guanidine groups is 1. The maximum absolute atomic E-state index is 13.4. The van der Waals surface area contributed by atoms with E-state index in [0.29, 0.717) is 37.9 Å². The van der Waals surface area contributed by atoms with Gasteiger partial charge >= 0.3 is 0 Å². The molecule has 2 amide bonds. The zero-order chi connectivity index (χ0) is 26.4. The lowest BCUT2D eigenvalue weighted by Gasteiger charge is -2.45. The molecule has 3 N–H and O–H groups in total. The molecule has 7 heteroatoms. The van der Waals surface area contributed by atoms with Crippen molar-refractivity contribution in [3.05, 3.63) is 65.2 Å². The number of carbonyl (C=O) groups excluding carboxylic acids is 2. The third-order valence-corrected chi connectivity index (χ3v) is 7.56. The minimum absolute atomic E-state index is 0.0735. The molecule has 7 nitrogen and oxygen atoms in total. The van der Waals surface area contributed by atoms with Crippen molar-refractivity contribution in [3.63, 3.8) is 0 Å². The van der Waals surface area contributed by atoms with Crippen molar-refractivity contribution in [1.82, 2.24) is 15.5 Å². The van der Waals surface area contributed by atoms with E-state index in [2.05, 4.69) is 22.5 Å². The monoisotopic (exact) mass is 500 g/mol. The molecule has 2 aromatic carbocycles. The molecule has 0 radical (unpaired) electrons. The Morgan fingerprint density at radius 3 is 2.76 bits per heavy atom. The highest BCUT2D eigenvalue weighted by Gasteiger charge is 2.42. The van der Waals surface area contributed by atoms with Gasteiger partial charge in [-0.05, 0) is 49.9 Å². The van der Waals surface area contributed by atoms with E-state index < -0.39 is 6.04 Å². The Bertz CT molecular complexity index is 1200. The predicted molar refractivity (Wildman–Crippen MR) is 144 cm³/mol. The predicted octanol–water partition coefficient (Wildman–Crippen LogP) is 5.10. The molecule has 194 valence electrons. The van der Waals surface area contributed by atoms with Crippen molar-refractivity contribution in [2.24, 2.45) is 0 Å². The van der Waals surface area contributed by atoms with Crippen molar-refractivity contribution in [3.8, 4) is 17.6 Å². The fraction of sp³-hybridized carbons (Fsp3) is 0.433. The quantitative estimate of drug-likeness (QED) is 0.440. The number of amides is 2. The van der Waals surface area contributed by atoms with Crippen LogP contribution in [-0.4, -0.2) is 34.8 Å². The van der Waals surface area contributed by atoms with E-state index >= 15 is 0 Å². The van der Waals surface area contributed by atoms with E-state index in [9.17, 15) is 9.59 Å². The average molecular weight is 501 g/mol. The van der Waals surface area contributed by atoms with Gasteiger partial charge in [0.2, 0.25) is 5.91 Å². The largest absolute Gasteiger partial charge is 0.493 e. The van der Waals surface area contributed by atoms with Crippen LogP contribution in [0.4, 0.5) is 0 Å². The second-order valence-electron chi connectivity index (χ2n) is 9.71. The van der Waals surface area contributed by atoms with E-state index in [4.69, 9.17) is 10.1 Å². The molecule has 2 atom stereocenters. The summed E-state index contributed by atoms with van der Waals surface area (Å²) in [6.07, 6.45) is 3.72. The van der Waals surface area contributed by atoms with Gasteiger partial charge in [-0.3, -0.25) is 19.9 Å². The van der Waals surface area contributed by atoms with Gasteiger partial charge in [-0.2, -0.15) is 0 Å². The fourth-order valence-electron chi connectivity index (χ4n) is 5.26. The lowest BCUT2D eigenvalue weighted by molar-refractivity contribution is -0.132. The van der Waals surface area contributed by atoms with Crippen molar-refractivity contribution in [2.75, 3.05) is 6.61 Å². The lowest BCUT2D eigenvalue weighted by Crippen LogP contribution is -2.62. The van der Waals surface area contributed by atoms with Gasteiger partial charge in [0.05, 0.1) is 25.1 Å². The number of rotatable bonds is 8. The number of nitrogens with one attached hydrogen (secondary N) is 3. The molecule has 0 aromatic heterocycles. The molecule has 0 aliphatic carbocycles. The third-order valence-electron chi connectivity index (χ3n) is 7.56. The van der Waals surface area contributed by atoms with Crippen LogP contribution in [0.2, 0.25) is 0 Å². The summed E-state index contributed by atoms with van der Waals surface area (Å²) in [5, 5.41) is 15.2. The van der Waals surface area contributed by atoms with Gasteiger partial charge in [-0.15, -0.1) is 11.8 Å². The second-order valence-corrected chi connectivity index (χ2v) is 9.71. The summed E-state index contributed by atoms with van der Waals surface area (Å²) in [6, 6.07) is 14.6. The number of nitrogens with zero attached hydrogens (tertiary/aromatic N) is 1. The molecule has 1 fully saturated rings. The van der Waals surface area contributed by atoms with Crippen molar-refractivity contribution < 1.29 is 14.3 Å². The molecule has 2 heterocycles. The van der Waals surface area contributed by atoms with Crippen molar-refractivity contribution >= 4 is 17.8 Å². The Morgan fingerprint density at radius 2 is 2.03 bits per heavy atom. The molecule has 1 unspecified atom stereocenters. The van der Waals surface area contributed by atoms with E-state index in [0.717, 1.165) is 29.7 Å². The van der Waals surface area contributed by atoms with Gasteiger partial charge in [-0.25, -0.2) is 0 Å². The van der Waals surface area contributed by atoms with Crippen molar-refractivity contribution in [1.29, 1.82) is 5.41 Å². The number of ether oxygens (including phenoxy) is 1. The molecule has 2 aliphatic heterocycles. The molecule has 0 bridgehead atoms. The summed E-state index contributed by atoms with van der Waals surface area (Å²) in [5.74, 6) is 6.67. The van der Waals surface area contributed by atoms with Crippen LogP contribution >= 0.6 is 0 Å². The van der Waals surface area contributed by atoms with Crippen LogP contribution in [0.15, 0.2) is 48.5 Å². The summed E-state index contributed by atoms with van der Waals surface area (Å²) in [6.45, 7) is 6.42. The minimum atomic E-state index is -0.392. The lowest BCUT2D eigenvalue weighted by atomic mass is 9.85. The first-order valence-corrected chi connectivity index (χ1v) is 13.1. The van der Waals surface area contributed by atoms with Crippen LogP contribution in [0, 0.1) is 17.3 Å². The first-order valence-electron chi connectivity index (χ1n) is 13.1. The highest BCUT2D eigenvalue weighted by atomic mass is 16.5. The van der Waals surface area contributed by atoms with Gasteiger partial charge < -0.3 is 15.4 Å². The molecule has 4 rings (SSSR count). The molecule has 0 spiro atoms. The van der Waals surface area contributed by atoms with E-state index in [1.807, 2.05) is 56.3 Å². The molecular formula is C30H36N4O3. The van der Waals surface area contributed by atoms with E-state index in [1.54, 1.807) is 17.9 Å². The third kappa shape index (κ3) is 5.64. The Balaban J connectivity index is 1.59. The zero-order valence-electron chi connectivity index (χ0n) is 21.9. The van der Waals surface area contributed by atoms with Gasteiger partial charge in [-0.1, -0.05) is 44.2 Å². The van der Waals surface area contributed by atoms with Crippen molar-refractivity contribution in [2.45, 2.75) is 76.9 Å². The standard InChI is InChI=1S/C30H36N4O3/c1-4-7-8-15-25(34-27(35)20-30(5-2,6-3)33-29(34)31)21-12-11-13-22(19-21)28(36)32-24-17-18-37-26-16-10-9-14-23(24)26/h9-14,16,19,24-25H,5-6,8,15,17-18,20H2,1-3H3,(H2,31,33)(H,32,36)/t24-,25?/m0/s1. The van der Waals surface area contributed by atoms with Gasteiger partial charge in [0.25, 0.3) is 5.91 Å². The smallest absolute Gasteiger partial charge is 0.251 e. The maximum atomic E-state index is 13.4. The number of benzene rings is 2. The van der Waals surface area contributed by atoms with E-state index in [1.165, 1.54) is 0 Å². The molecular weight excluding hydrogens is 464 g/mol. The summed E-state index contributed by atoms with van der Waals surface area (Å²) in [4.78, 5) is 28.3. The molecule has 37 heavy (non-hydrogen) atoms. The molecule has 0 saturated carbocycles. The Hall–Kier alpha value is -3.79. The van der Waals surface area contributed by atoms with Crippen LogP contribution in [-0.2, 0) is 4.79 Å². The Morgan fingerprint density at radius 1 is 1.24 bits per heavy atom. The van der Waals surface area contributed by atoms with Gasteiger partial charge in [0, 0.05) is 29.5 Å². The number of hydrogen-bond acceptors (Lipinski definition) is 4. The fourth-order valence-corrected chi connectivity index (χ4v) is 5.26. The topological polar surface area (TPSA) is 94.5 Å². The number of hydrogen-bond donors (Lipinski definition) is 3. The normalized spacial score (nSPS) is 19.0. The summed E-state index contributed by atoms with van der Waals surface area (Å²) >= 11 is 0. The minimum Gasteiger partial charge on any atom is -0.493 e. The Kier molecular flexibility index (Phi) is 8.17. The van der Waals surface area contributed by atoms with Crippen LogP contribution in [0.1, 0.15) is 92.9 Å². The SMILES string of the molecule is CC#CCCC(c1cccc(C(=O)N[C@H]2CCOc3ccccc32)c1)N1C(=N)NC(CC)(CC)CC1=O. The zero-order valence-corrected chi connectivity index (χ0v) is 21.9. The Labute approximate surface area is 219 Å². The molecule has 2 aliphatic rings. The average Bonchev–Trinajstić information content (AvgIpc) is 2.92. The highest BCUT2D eigenvalue weighted by Crippen LogP contribution is 2.34. The first kappa shape index (κ1) is 26.3. The second kappa shape index (κ2) is 11.5. The van der Waals surface area contributed by atoms with Gasteiger partial charge in [0.15, 0.2) is 5.96 Å². The molecule has 1 saturated heterocycles. The van der Waals surface area contributed by atoms with Crippen LogP contribution < -0.4 is 15.4 Å². The van der Waals surface area contributed by atoms with Crippen LogP contribution in [0.3, 0.4) is 0 Å². The molecule has 2 aromatic rings. The number of carbonyl (C=O) groups is 2. The maximum Gasteiger partial charge on any atom is 0.251 e. The van der Waals surface area contributed by atoms with Crippen LogP contribution in [0.5, 0.6) is 5.75 Å². The van der Waals surface area contributed by atoms with E-state index in [-0.39, 0.29) is 29.4 Å². The van der Waals surface area contributed by atoms with Gasteiger partial charge in [0.1, 0.15) is 5.75 Å². The summed E-state index contributed by atoms with van der Waals surface area (Å²) in [5.41, 5.74) is 1.93. The summed E-state index contributed by atoms with van der Waals surface area (Å²) < 4.78 is 5.73. The highest BCUT2D eigenvalue weighted by molar-refractivity contribution is 6.00. The first-order chi connectivity index (χ1) is 17.9. The number of para-hydroxylation sites is 1.